The van der Waals surface area contributed by atoms with Crippen LogP contribution >= 0.6 is 15.9 Å². The zero-order valence-electron chi connectivity index (χ0n) is 10.7. The summed E-state index contributed by atoms with van der Waals surface area (Å²) in [5.74, 6) is -0.195. The van der Waals surface area contributed by atoms with E-state index in [0.29, 0.717) is 12.5 Å². The number of ether oxygens (including phenoxy) is 1. The van der Waals surface area contributed by atoms with Crippen LogP contribution in [0.1, 0.15) is 24.2 Å². The van der Waals surface area contributed by atoms with Crippen LogP contribution in [-0.2, 0) is 0 Å². The Morgan fingerprint density at radius 1 is 1.37 bits per heavy atom. The van der Waals surface area contributed by atoms with Crippen LogP contribution in [-0.4, -0.2) is 23.9 Å². The van der Waals surface area contributed by atoms with Crippen LogP contribution in [0.15, 0.2) is 24.3 Å². The number of alkyl halides is 3. The van der Waals surface area contributed by atoms with Crippen molar-refractivity contribution in [1.29, 1.82) is 0 Å². The van der Waals surface area contributed by atoms with Crippen LogP contribution in [0.3, 0.4) is 0 Å². The normalized spacial score (nSPS) is 12.6. The smallest absolute Gasteiger partial charge is 0.387 e. The predicted octanol–water partition coefficient (Wildman–Crippen LogP) is 3.44. The molecule has 19 heavy (non-hydrogen) atoms. The van der Waals surface area contributed by atoms with Crippen molar-refractivity contribution < 1.29 is 18.3 Å². The highest BCUT2D eigenvalue weighted by atomic mass is 79.9. The van der Waals surface area contributed by atoms with Crippen LogP contribution in [0.4, 0.5) is 8.78 Å². The number of carbonyl (C=O) groups excluding carboxylic acids is 1. The van der Waals surface area contributed by atoms with Gasteiger partial charge in [-0.15, -0.1) is 0 Å². The molecule has 0 aliphatic rings. The molecule has 1 aromatic carbocycles. The average Bonchev–Trinajstić information content (AvgIpc) is 2.35. The molecule has 1 rings (SSSR count). The van der Waals surface area contributed by atoms with E-state index in [0.717, 1.165) is 0 Å². The monoisotopic (exact) mass is 335 g/mol. The standard InChI is InChI=1S/C13H16BrF2NO2/c1-8(2)10(14)7-17-12(18)9-5-3-4-6-11(9)19-13(15)16/h3-6,8,10,13H,7H2,1-2H3,(H,17,18). The summed E-state index contributed by atoms with van der Waals surface area (Å²) in [6.07, 6.45) is 0. The van der Waals surface area contributed by atoms with Crippen molar-refractivity contribution in [2.24, 2.45) is 5.92 Å². The van der Waals surface area contributed by atoms with Crippen molar-refractivity contribution in [3.05, 3.63) is 29.8 Å². The molecule has 1 N–H and O–H groups in total. The molecule has 0 aliphatic heterocycles. The highest BCUT2D eigenvalue weighted by molar-refractivity contribution is 9.09. The van der Waals surface area contributed by atoms with Gasteiger partial charge in [-0.05, 0) is 18.1 Å². The van der Waals surface area contributed by atoms with Gasteiger partial charge in [-0.1, -0.05) is 41.9 Å². The fourth-order valence-electron chi connectivity index (χ4n) is 1.37. The Morgan fingerprint density at radius 3 is 2.58 bits per heavy atom. The number of hydrogen-bond acceptors (Lipinski definition) is 2. The van der Waals surface area contributed by atoms with E-state index in [1.807, 2.05) is 13.8 Å². The molecular formula is C13H16BrF2NO2. The third kappa shape index (κ3) is 5.14. The summed E-state index contributed by atoms with van der Waals surface area (Å²) in [5, 5.41) is 2.68. The maximum Gasteiger partial charge on any atom is 0.387 e. The molecule has 1 amide bonds. The lowest BCUT2D eigenvalue weighted by molar-refractivity contribution is -0.0501. The van der Waals surface area contributed by atoms with Gasteiger partial charge in [0.2, 0.25) is 0 Å². The van der Waals surface area contributed by atoms with E-state index in [-0.39, 0.29) is 16.1 Å². The predicted molar refractivity (Wildman–Crippen MR) is 73.0 cm³/mol. The summed E-state index contributed by atoms with van der Waals surface area (Å²) in [4.78, 5) is 12.0. The summed E-state index contributed by atoms with van der Waals surface area (Å²) < 4.78 is 28.8. The SMILES string of the molecule is CC(C)C(Br)CNC(=O)c1ccccc1OC(F)F. The van der Waals surface area contributed by atoms with Gasteiger partial charge in [-0.2, -0.15) is 8.78 Å². The first-order chi connectivity index (χ1) is 8.91. The van der Waals surface area contributed by atoms with Gasteiger partial charge in [0, 0.05) is 11.4 Å². The molecule has 0 spiro atoms. The van der Waals surface area contributed by atoms with E-state index in [4.69, 9.17) is 0 Å². The molecule has 6 heteroatoms. The molecule has 0 aromatic heterocycles. The van der Waals surface area contributed by atoms with Crippen molar-refractivity contribution in [3.8, 4) is 5.75 Å². The van der Waals surface area contributed by atoms with E-state index >= 15 is 0 Å². The molecule has 1 atom stereocenters. The number of rotatable bonds is 6. The second kappa shape index (κ2) is 7.43. The molecule has 0 saturated carbocycles. The lowest BCUT2D eigenvalue weighted by Crippen LogP contribution is -2.32. The zero-order valence-corrected chi connectivity index (χ0v) is 12.3. The minimum absolute atomic E-state index is 0.103. The molecule has 3 nitrogen and oxygen atoms in total. The van der Waals surface area contributed by atoms with Crippen molar-refractivity contribution in [2.45, 2.75) is 25.3 Å². The minimum atomic E-state index is -2.95. The van der Waals surface area contributed by atoms with Crippen molar-refractivity contribution in [1.82, 2.24) is 5.32 Å². The Bertz CT molecular complexity index is 427. The van der Waals surface area contributed by atoms with Gasteiger partial charge in [0.05, 0.1) is 5.56 Å². The van der Waals surface area contributed by atoms with Gasteiger partial charge in [0.15, 0.2) is 0 Å². The second-order valence-corrected chi connectivity index (χ2v) is 5.52. The van der Waals surface area contributed by atoms with Crippen LogP contribution in [0.25, 0.3) is 0 Å². The fraction of sp³-hybridized carbons (Fsp3) is 0.462. The Labute approximate surface area is 119 Å². The van der Waals surface area contributed by atoms with Gasteiger partial charge in [0.25, 0.3) is 5.91 Å². The molecule has 0 radical (unpaired) electrons. The topological polar surface area (TPSA) is 38.3 Å². The zero-order chi connectivity index (χ0) is 14.4. The lowest BCUT2D eigenvalue weighted by Gasteiger charge is -2.15. The van der Waals surface area contributed by atoms with E-state index < -0.39 is 12.5 Å². The van der Waals surface area contributed by atoms with Gasteiger partial charge in [-0.25, -0.2) is 0 Å². The van der Waals surface area contributed by atoms with E-state index in [2.05, 4.69) is 26.0 Å². The number of halogens is 3. The number of amides is 1. The largest absolute Gasteiger partial charge is 0.434 e. The van der Waals surface area contributed by atoms with Crippen molar-refractivity contribution in [3.63, 3.8) is 0 Å². The molecule has 0 heterocycles. The number of nitrogens with one attached hydrogen (secondary N) is 1. The highest BCUT2D eigenvalue weighted by Crippen LogP contribution is 2.20. The van der Waals surface area contributed by atoms with E-state index in [1.54, 1.807) is 6.07 Å². The van der Waals surface area contributed by atoms with Crippen LogP contribution < -0.4 is 10.1 Å². The third-order valence-electron chi connectivity index (χ3n) is 2.53. The van der Waals surface area contributed by atoms with Gasteiger partial charge < -0.3 is 10.1 Å². The second-order valence-electron chi connectivity index (χ2n) is 4.34. The molecule has 106 valence electrons. The first kappa shape index (κ1) is 15.9. The summed E-state index contributed by atoms with van der Waals surface area (Å²) in [7, 11) is 0. The first-order valence-corrected chi connectivity index (χ1v) is 6.79. The van der Waals surface area contributed by atoms with Crippen molar-refractivity contribution in [2.75, 3.05) is 6.54 Å². The Kier molecular flexibility index (Phi) is 6.21. The maximum atomic E-state index is 12.2. The Morgan fingerprint density at radius 2 is 2.00 bits per heavy atom. The fourth-order valence-corrected chi connectivity index (χ4v) is 1.54. The number of benzene rings is 1. The molecule has 0 saturated heterocycles. The number of para-hydroxylation sites is 1. The average molecular weight is 336 g/mol. The lowest BCUT2D eigenvalue weighted by atomic mass is 10.1. The Balaban J connectivity index is 2.71. The highest BCUT2D eigenvalue weighted by Gasteiger charge is 2.16. The third-order valence-corrected chi connectivity index (χ3v) is 3.91. The van der Waals surface area contributed by atoms with E-state index in [9.17, 15) is 13.6 Å². The number of carbonyl (C=O) groups is 1. The molecule has 1 unspecified atom stereocenters. The van der Waals surface area contributed by atoms with Gasteiger partial charge in [0.1, 0.15) is 5.75 Å². The summed E-state index contributed by atoms with van der Waals surface area (Å²) in [6.45, 7) is 1.49. The van der Waals surface area contributed by atoms with Crippen LogP contribution in [0.5, 0.6) is 5.75 Å². The number of hydrogen-bond donors (Lipinski definition) is 1. The molecule has 0 aliphatic carbocycles. The van der Waals surface area contributed by atoms with Crippen LogP contribution in [0, 0.1) is 5.92 Å². The van der Waals surface area contributed by atoms with E-state index in [1.165, 1.54) is 18.2 Å². The molecular weight excluding hydrogens is 320 g/mol. The Hall–Kier alpha value is -1.17. The first-order valence-electron chi connectivity index (χ1n) is 5.88. The van der Waals surface area contributed by atoms with Crippen molar-refractivity contribution >= 4 is 21.8 Å². The van der Waals surface area contributed by atoms with Gasteiger partial charge in [-0.3, -0.25) is 4.79 Å². The minimum Gasteiger partial charge on any atom is -0.434 e. The molecule has 0 bridgehead atoms. The molecule has 0 fully saturated rings. The summed E-state index contributed by atoms with van der Waals surface area (Å²) in [5.41, 5.74) is 0.103. The van der Waals surface area contributed by atoms with Crippen LogP contribution in [0.2, 0.25) is 0 Å². The summed E-state index contributed by atoms with van der Waals surface area (Å²) in [6, 6.07) is 5.93. The maximum absolute atomic E-state index is 12.2. The quantitative estimate of drug-likeness (QED) is 0.809. The van der Waals surface area contributed by atoms with Gasteiger partial charge >= 0.3 is 6.61 Å². The summed E-state index contributed by atoms with van der Waals surface area (Å²) >= 11 is 3.44. The molecule has 1 aromatic rings.